The maximum atomic E-state index is 9.18. The van der Waals surface area contributed by atoms with Gasteiger partial charge in [0.15, 0.2) is 0 Å². The number of hydrogen-bond donors (Lipinski definition) is 0. The Labute approximate surface area is 121 Å². The number of pyridine rings is 1. The average Bonchev–Trinajstić information content (AvgIpc) is 2.70. The maximum Gasteiger partial charge on any atom is 0.146 e. The second kappa shape index (κ2) is 7.22. The van der Waals surface area contributed by atoms with E-state index in [9.17, 15) is 5.26 Å². The first-order valence-corrected chi connectivity index (χ1v) is 7.18. The van der Waals surface area contributed by atoms with Gasteiger partial charge >= 0.3 is 0 Å². The Kier molecular flexibility index (Phi) is 5.33. The Balaban J connectivity index is 1.97. The molecule has 0 amide bonds. The van der Waals surface area contributed by atoms with Crippen molar-refractivity contribution < 1.29 is 0 Å². The van der Waals surface area contributed by atoms with Crippen molar-refractivity contribution in [3.05, 3.63) is 23.9 Å². The van der Waals surface area contributed by atoms with Crippen LogP contribution in [-0.2, 0) is 0 Å². The first kappa shape index (κ1) is 14.8. The summed E-state index contributed by atoms with van der Waals surface area (Å²) in [6.45, 7) is 6.28. The van der Waals surface area contributed by atoms with E-state index in [-0.39, 0.29) is 0 Å². The van der Waals surface area contributed by atoms with Gasteiger partial charge in [-0.15, -0.1) is 0 Å². The van der Waals surface area contributed by atoms with Crippen LogP contribution in [0, 0.1) is 11.3 Å². The number of likely N-dealkylation sites (N-methyl/N-ethyl adjacent to an activating group) is 1. The van der Waals surface area contributed by atoms with E-state index >= 15 is 0 Å². The van der Waals surface area contributed by atoms with Crippen LogP contribution in [0.15, 0.2) is 18.3 Å². The monoisotopic (exact) mass is 273 g/mol. The van der Waals surface area contributed by atoms with Crippen molar-refractivity contribution in [1.29, 1.82) is 5.26 Å². The number of nitrogens with zero attached hydrogens (tertiary/aromatic N) is 5. The molecule has 1 aliphatic heterocycles. The molecule has 20 heavy (non-hydrogen) atoms. The van der Waals surface area contributed by atoms with Gasteiger partial charge in [-0.2, -0.15) is 5.26 Å². The molecule has 0 saturated carbocycles. The number of rotatable bonds is 4. The lowest BCUT2D eigenvalue weighted by molar-refractivity contribution is 0.254. The normalized spacial score (nSPS) is 17.0. The van der Waals surface area contributed by atoms with E-state index in [0.29, 0.717) is 5.56 Å². The highest BCUT2D eigenvalue weighted by atomic mass is 15.3. The zero-order valence-corrected chi connectivity index (χ0v) is 12.4. The minimum absolute atomic E-state index is 0.675. The summed E-state index contributed by atoms with van der Waals surface area (Å²) >= 11 is 0. The lowest BCUT2D eigenvalue weighted by Crippen LogP contribution is -2.35. The molecule has 1 aliphatic rings. The Bertz CT molecular complexity index is 466. The van der Waals surface area contributed by atoms with Gasteiger partial charge < -0.3 is 14.7 Å². The molecule has 5 heteroatoms. The summed E-state index contributed by atoms with van der Waals surface area (Å²) in [7, 11) is 4.22. The number of anilines is 1. The average molecular weight is 273 g/mol. The summed E-state index contributed by atoms with van der Waals surface area (Å²) < 4.78 is 0. The highest BCUT2D eigenvalue weighted by molar-refractivity contribution is 5.53. The third-order valence-electron chi connectivity index (χ3n) is 3.66. The van der Waals surface area contributed by atoms with Gasteiger partial charge in [-0.25, -0.2) is 4.98 Å². The van der Waals surface area contributed by atoms with E-state index in [1.807, 2.05) is 12.1 Å². The van der Waals surface area contributed by atoms with Gasteiger partial charge in [0.05, 0.1) is 5.56 Å². The molecule has 5 nitrogen and oxygen atoms in total. The van der Waals surface area contributed by atoms with Crippen molar-refractivity contribution in [1.82, 2.24) is 14.8 Å². The van der Waals surface area contributed by atoms with Gasteiger partial charge in [0.1, 0.15) is 11.9 Å². The minimum atomic E-state index is 0.675. The summed E-state index contributed by atoms with van der Waals surface area (Å²) in [6.07, 6.45) is 2.89. The van der Waals surface area contributed by atoms with Crippen LogP contribution in [0.1, 0.15) is 12.0 Å². The van der Waals surface area contributed by atoms with Gasteiger partial charge in [0.25, 0.3) is 0 Å². The van der Waals surface area contributed by atoms with Crippen LogP contribution in [-0.4, -0.2) is 68.1 Å². The van der Waals surface area contributed by atoms with Gasteiger partial charge in [-0.3, -0.25) is 0 Å². The molecule has 1 fully saturated rings. The molecule has 0 bridgehead atoms. The zero-order chi connectivity index (χ0) is 14.4. The van der Waals surface area contributed by atoms with Crippen molar-refractivity contribution in [3.63, 3.8) is 0 Å². The fourth-order valence-corrected chi connectivity index (χ4v) is 2.48. The van der Waals surface area contributed by atoms with Gasteiger partial charge in [-0.05, 0) is 39.2 Å². The summed E-state index contributed by atoms with van der Waals surface area (Å²) in [5.74, 6) is 0.837. The van der Waals surface area contributed by atoms with Gasteiger partial charge in [0.2, 0.25) is 0 Å². The standard InChI is InChI=1S/C15H23N5/c1-18(2)9-10-19-7-4-8-20(12-11-19)15-14(13-16)5-3-6-17-15/h3,5-6H,4,7-12H2,1-2H3. The van der Waals surface area contributed by atoms with E-state index in [1.165, 1.54) is 0 Å². The molecule has 0 N–H and O–H groups in total. The van der Waals surface area contributed by atoms with Crippen LogP contribution in [0.2, 0.25) is 0 Å². The van der Waals surface area contributed by atoms with Crippen molar-refractivity contribution in [2.75, 3.05) is 58.3 Å². The van der Waals surface area contributed by atoms with E-state index in [4.69, 9.17) is 0 Å². The molecule has 1 aromatic heterocycles. The van der Waals surface area contributed by atoms with Crippen LogP contribution >= 0.6 is 0 Å². The molecule has 108 valence electrons. The maximum absolute atomic E-state index is 9.18. The van der Waals surface area contributed by atoms with Gasteiger partial charge in [-0.1, -0.05) is 0 Å². The first-order chi connectivity index (χ1) is 9.70. The van der Waals surface area contributed by atoms with Crippen LogP contribution < -0.4 is 4.90 Å². The minimum Gasteiger partial charge on any atom is -0.354 e. The molecule has 2 rings (SSSR count). The Morgan fingerprint density at radius 1 is 1.30 bits per heavy atom. The fourth-order valence-electron chi connectivity index (χ4n) is 2.48. The zero-order valence-electron chi connectivity index (χ0n) is 12.4. The third-order valence-corrected chi connectivity index (χ3v) is 3.66. The van der Waals surface area contributed by atoms with E-state index in [1.54, 1.807) is 6.20 Å². The van der Waals surface area contributed by atoms with Crippen molar-refractivity contribution in [2.45, 2.75) is 6.42 Å². The quantitative estimate of drug-likeness (QED) is 0.820. The molecule has 0 aromatic carbocycles. The molecule has 0 unspecified atom stereocenters. The predicted molar refractivity (Wildman–Crippen MR) is 80.8 cm³/mol. The second-order valence-electron chi connectivity index (χ2n) is 5.47. The van der Waals surface area contributed by atoms with Crippen molar-refractivity contribution >= 4 is 5.82 Å². The Morgan fingerprint density at radius 2 is 2.15 bits per heavy atom. The molecular weight excluding hydrogens is 250 g/mol. The highest BCUT2D eigenvalue weighted by Gasteiger charge is 2.17. The molecule has 0 radical (unpaired) electrons. The second-order valence-corrected chi connectivity index (χ2v) is 5.47. The number of aromatic nitrogens is 1. The smallest absolute Gasteiger partial charge is 0.146 e. The highest BCUT2D eigenvalue weighted by Crippen LogP contribution is 2.18. The summed E-state index contributed by atoms with van der Waals surface area (Å²) in [5.41, 5.74) is 0.675. The molecule has 0 atom stereocenters. The first-order valence-electron chi connectivity index (χ1n) is 7.18. The third kappa shape index (κ3) is 3.92. The van der Waals surface area contributed by atoms with Crippen LogP contribution in [0.5, 0.6) is 0 Å². The van der Waals surface area contributed by atoms with Crippen LogP contribution in [0.4, 0.5) is 5.82 Å². The van der Waals surface area contributed by atoms with E-state index < -0.39 is 0 Å². The van der Waals surface area contributed by atoms with E-state index in [2.05, 4.69) is 39.8 Å². The Morgan fingerprint density at radius 3 is 2.90 bits per heavy atom. The lowest BCUT2D eigenvalue weighted by atomic mass is 10.2. The molecule has 2 heterocycles. The number of nitriles is 1. The summed E-state index contributed by atoms with van der Waals surface area (Å²) in [4.78, 5) is 11.3. The topological polar surface area (TPSA) is 46.4 Å². The number of hydrogen-bond acceptors (Lipinski definition) is 5. The van der Waals surface area contributed by atoms with Crippen molar-refractivity contribution in [2.24, 2.45) is 0 Å². The van der Waals surface area contributed by atoms with Crippen molar-refractivity contribution in [3.8, 4) is 6.07 Å². The summed E-state index contributed by atoms with van der Waals surface area (Å²) in [6, 6.07) is 5.91. The van der Waals surface area contributed by atoms with Crippen LogP contribution in [0.25, 0.3) is 0 Å². The summed E-state index contributed by atoms with van der Waals surface area (Å²) in [5, 5.41) is 9.18. The molecule has 1 aromatic rings. The predicted octanol–water partition coefficient (Wildman–Crippen LogP) is 1.03. The lowest BCUT2D eigenvalue weighted by Gasteiger charge is -2.24. The molecule has 0 spiro atoms. The van der Waals surface area contributed by atoms with E-state index in [0.717, 1.165) is 51.5 Å². The molecular formula is C15H23N5. The molecule has 0 aliphatic carbocycles. The Hall–Kier alpha value is -1.64. The van der Waals surface area contributed by atoms with Gasteiger partial charge in [0, 0.05) is 38.9 Å². The fraction of sp³-hybridized carbons (Fsp3) is 0.600. The van der Waals surface area contributed by atoms with Crippen LogP contribution in [0.3, 0.4) is 0 Å². The SMILES string of the molecule is CN(C)CCN1CCCN(c2ncccc2C#N)CC1. The molecule has 1 saturated heterocycles. The largest absolute Gasteiger partial charge is 0.354 e.